The Labute approximate surface area is 122 Å². The molecular formula is C15H29N5. The van der Waals surface area contributed by atoms with Crippen molar-refractivity contribution in [3.8, 4) is 0 Å². The van der Waals surface area contributed by atoms with E-state index in [1.165, 1.54) is 50.3 Å². The Morgan fingerprint density at radius 2 is 2.15 bits per heavy atom. The van der Waals surface area contributed by atoms with E-state index in [1.54, 1.807) is 0 Å². The summed E-state index contributed by atoms with van der Waals surface area (Å²) in [6, 6.07) is 0. The summed E-state index contributed by atoms with van der Waals surface area (Å²) in [6.07, 6.45) is 4.57. The van der Waals surface area contributed by atoms with E-state index in [0.29, 0.717) is 0 Å². The van der Waals surface area contributed by atoms with E-state index >= 15 is 0 Å². The van der Waals surface area contributed by atoms with Crippen molar-refractivity contribution in [3.05, 3.63) is 17.5 Å². The molecule has 1 aliphatic rings. The average molecular weight is 279 g/mol. The maximum atomic E-state index is 4.06. The minimum Gasteiger partial charge on any atom is -0.312 e. The van der Waals surface area contributed by atoms with Crippen LogP contribution in [0.1, 0.15) is 24.1 Å². The molecule has 0 radical (unpaired) electrons. The molecule has 2 heterocycles. The average Bonchev–Trinajstić information content (AvgIpc) is 2.83. The number of H-pyrrole nitrogens is 1. The topological polar surface area (TPSA) is 47.2 Å². The Hall–Kier alpha value is -0.910. The highest BCUT2D eigenvalue weighted by Gasteiger charge is 2.18. The minimum atomic E-state index is 0.831. The number of hydrogen-bond acceptors (Lipinski definition) is 4. The number of likely N-dealkylation sites (tertiary alicyclic amines) is 1. The van der Waals surface area contributed by atoms with Gasteiger partial charge in [-0.15, -0.1) is 0 Å². The number of aromatic amines is 1. The van der Waals surface area contributed by atoms with E-state index in [0.717, 1.165) is 19.0 Å². The highest BCUT2D eigenvalue weighted by molar-refractivity contribution is 5.13. The molecule has 1 saturated heterocycles. The van der Waals surface area contributed by atoms with Crippen LogP contribution in [0, 0.1) is 12.8 Å². The van der Waals surface area contributed by atoms with Gasteiger partial charge in [-0.25, -0.2) is 0 Å². The normalized spacial score (nSPS) is 18.0. The second-order valence-corrected chi connectivity index (χ2v) is 6.24. The van der Waals surface area contributed by atoms with Gasteiger partial charge in [-0.1, -0.05) is 0 Å². The molecule has 5 nitrogen and oxygen atoms in total. The predicted molar refractivity (Wildman–Crippen MR) is 82.7 cm³/mol. The molecule has 1 aromatic heterocycles. The molecule has 5 heteroatoms. The van der Waals surface area contributed by atoms with Gasteiger partial charge in [0.15, 0.2) is 0 Å². The van der Waals surface area contributed by atoms with Crippen LogP contribution in [0.15, 0.2) is 6.20 Å². The summed E-state index contributed by atoms with van der Waals surface area (Å²) < 4.78 is 0. The zero-order valence-corrected chi connectivity index (χ0v) is 13.2. The Balaban J connectivity index is 1.59. The van der Waals surface area contributed by atoms with Gasteiger partial charge >= 0.3 is 0 Å². The number of nitrogens with one attached hydrogen (secondary N) is 2. The highest BCUT2D eigenvalue weighted by atomic mass is 15.2. The molecule has 114 valence electrons. The minimum absolute atomic E-state index is 0.831. The van der Waals surface area contributed by atoms with E-state index in [2.05, 4.69) is 46.3 Å². The van der Waals surface area contributed by atoms with Crippen LogP contribution < -0.4 is 5.32 Å². The van der Waals surface area contributed by atoms with Crippen LogP contribution in [-0.2, 0) is 6.54 Å². The second-order valence-electron chi connectivity index (χ2n) is 6.24. The Morgan fingerprint density at radius 1 is 1.40 bits per heavy atom. The Morgan fingerprint density at radius 3 is 2.75 bits per heavy atom. The Bertz CT molecular complexity index is 379. The summed E-state index contributed by atoms with van der Waals surface area (Å²) in [7, 11) is 4.29. The first-order valence-corrected chi connectivity index (χ1v) is 7.72. The quantitative estimate of drug-likeness (QED) is 0.784. The number of rotatable bonds is 7. The molecule has 0 spiro atoms. The lowest BCUT2D eigenvalue weighted by Gasteiger charge is -2.32. The van der Waals surface area contributed by atoms with Crippen molar-refractivity contribution < 1.29 is 0 Å². The lowest BCUT2D eigenvalue weighted by Crippen LogP contribution is -2.40. The zero-order valence-electron chi connectivity index (χ0n) is 13.2. The first-order chi connectivity index (χ1) is 9.65. The smallest absolute Gasteiger partial charge is 0.0535 e. The SMILES string of the molecule is Cc1[nH]ncc1CNCC1CCN(CCN(C)C)CC1. The second kappa shape index (κ2) is 7.76. The van der Waals surface area contributed by atoms with Crippen molar-refractivity contribution in [2.45, 2.75) is 26.3 Å². The molecule has 1 aromatic rings. The molecule has 2 rings (SSSR count). The largest absolute Gasteiger partial charge is 0.312 e. The number of aromatic nitrogens is 2. The zero-order chi connectivity index (χ0) is 14.4. The standard InChI is InChI=1S/C15H29N5/c1-13-15(12-17-18-13)11-16-10-14-4-6-20(7-5-14)9-8-19(2)3/h12,14,16H,4-11H2,1-3H3,(H,17,18). The molecule has 2 N–H and O–H groups in total. The van der Waals surface area contributed by atoms with Gasteiger partial charge in [0.05, 0.1) is 6.20 Å². The van der Waals surface area contributed by atoms with Crippen molar-refractivity contribution in [2.24, 2.45) is 5.92 Å². The molecular weight excluding hydrogens is 250 g/mol. The predicted octanol–water partition coefficient (Wildman–Crippen LogP) is 1.08. The van der Waals surface area contributed by atoms with Gasteiger partial charge in [0.2, 0.25) is 0 Å². The van der Waals surface area contributed by atoms with Gasteiger partial charge in [-0.05, 0) is 59.4 Å². The third-order valence-corrected chi connectivity index (χ3v) is 4.25. The molecule has 0 bridgehead atoms. The number of hydrogen-bond donors (Lipinski definition) is 2. The van der Waals surface area contributed by atoms with Crippen molar-refractivity contribution in [3.63, 3.8) is 0 Å². The molecule has 1 aliphatic heterocycles. The molecule has 0 aromatic carbocycles. The van der Waals surface area contributed by atoms with E-state index < -0.39 is 0 Å². The van der Waals surface area contributed by atoms with Crippen molar-refractivity contribution >= 4 is 0 Å². The fourth-order valence-corrected chi connectivity index (χ4v) is 2.72. The molecule has 0 amide bonds. The maximum Gasteiger partial charge on any atom is 0.0535 e. The van der Waals surface area contributed by atoms with Crippen LogP contribution in [0.3, 0.4) is 0 Å². The first-order valence-electron chi connectivity index (χ1n) is 7.72. The summed E-state index contributed by atoms with van der Waals surface area (Å²) in [4.78, 5) is 4.86. The number of piperidine rings is 1. The van der Waals surface area contributed by atoms with Gasteiger partial charge in [-0.3, -0.25) is 5.10 Å². The molecule has 1 fully saturated rings. The number of likely N-dealkylation sites (N-methyl/N-ethyl adjacent to an activating group) is 1. The molecule has 0 aliphatic carbocycles. The van der Waals surface area contributed by atoms with Crippen molar-refractivity contribution in [1.82, 2.24) is 25.3 Å². The Kier molecular flexibility index (Phi) is 6.01. The summed E-state index contributed by atoms with van der Waals surface area (Å²) in [5.41, 5.74) is 2.46. The molecule has 0 atom stereocenters. The summed E-state index contributed by atoms with van der Waals surface area (Å²) in [5, 5.41) is 10.6. The van der Waals surface area contributed by atoms with Crippen LogP contribution in [0.4, 0.5) is 0 Å². The van der Waals surface area contributed by atoms with Gasteiger partial charge in [0.25, 0.3) is 0 Å². The number of aryl methyl sites for hydroxylation is 1. The van der Waals surface area contributed by atoms with Crippen LogP contribution in [0.25, 0.3) is 0 Å². The molecule has 20 heavy (non-hydrogen) atoms. The molecule has 0 saturated carbocycles. The van der Waals surface area contributed by atoms with Gasteiger partial charge in [0, 0.05) is 30.9 Å². The van der Waals surface area contributed by atoms with Crippen LogP contribution in [0.2, 0.25) is 0 Å². The monoisotopic (exact) mass is 279 g/mol. The maximum absolute atomic E-state index is 4.06. The summed E-state index contributed by atoms with van der Waals surface area (Å²) in [5.74, 6) is 0.831. The lowest BCUT2D eigenvalue weighted by molar-refractivity contribution is 0.169. The van der Waals surface area contributed by atoms with E-state index in [1.807, 2.05) is 6.20 Å². The van der Waals surface area contributed by atoms with E-state index in [-0.39, 0.29) is 0 Å². The van der Waals surface area contributed by atoms with Crippen LogP contribution >= 0.6 is 0 Å². The third kappa shape index (κ3) is 4.89. The fourth-order valence-electron chi connectivity index (χ4n) is 2.72. The van der Waals surface area contributed by atoms with Gasteiger partial charge < -0.3 is 15.1 Å². The van der Waals surface area contributed by atoms with Crippen LogP contribution in [-0.4, -0.2) is 66.8 Å². The highest BCUT2D eigenvalue weighted by Crippen LogP contribution is 2.16. The van der Waals surface area contributed by atoms with Gasteiger partial charge in [-0.2, -0.15) is 5.10 Å². The molecule has 0 unspecified atom stereocenters. The summed E-state index contributed by atoms with van der Waals surface area (Å²) >= 11 is 0. The van der Waals surface area contributed by atoms with Crippen LogP contribution in [0.5, 0.6) is 0 Å². The third-order valence-electron chi connectivity index (χ3n) is 4.25. The summed E-state index contributed by atoms with van der Waals surface area (Å²) in [6.45, 7) is 9.03. The van der Waals surface area contributed by atoms with E-state index in [9.17, 15) is 0 Å². The van der Waals surface area contributed by atoms with E-state index in [4.69, 9.17) is 0 Å². The van der Waals surface area contributed by atoms with Crippen molar-refractivity contribution in [1.29, 1.82) is 0 Å². The first kappa shape index (κ1) is 15.5. The number of nitrogens with zero attached hydrogens (tertiary/aromatic N) is 3. The fraction of sp³-hybridized carbons (Fsp3) is 0.800. The van der Waals surface area contributed by atoms with Gasteiger partial charge in [0.1, 0.15) is 0 Å². The van der Waals surface area contributed by atoms with Crippen molar-refractivity contribution in [2.75, 3.05) is 46.8 Å². The lowest BCUT2D eigenvalue weighted by atomic mass is 9.96.